The van der Waals surface area contributed by atoms with Gasteiger partial charge in [-0.1, -0.05) is 66.5 Å². The second-order valence-electron chi connectivity index (χ2n) is 8.46. The van der Waals surface area contributed by atoms with Gasteiger partial charge in [0.05, 0.1) is 11.2 Å². The number of thiocarbonyl (C=S) groups is 1. The van der Waals surface area contributed by atoms with E-state index in [9.17, 15) is 4.79 Å². The molecule has 0 atom stereocenters. The lowest BCUT2D eigenvalue weighted by Gasteiger charge is -2.16. The quantitative estimate of drug-likeness (QED) is 0.207. The molecule has 7 heteroatoms. The van der Waals surface area contributed by atoms with Crippen molar-refractivity contribution in [3.63, 3.8) is 0 Å². The van der Waals surface area contributed by atoms with Crippen LogP contribution in [-0.4, -0.2) is 27.5 Å². The van der Waals surface area contributed by atoms with Gasteiger partial charge in [-0.25, -0.2) is 0 Å². The molecule has 35 heavy (non-hydrogen) atoms. The fraction of sp³-hybridized carbons (Fsp3) is 0.143. The number of anilines is 1. The summed E-state index contributed by atoms with van der Waals surface area (Å²) in [5, 5.41) is 2.85. The Hall–Kier alpha value is -3.12. The molecule has 1 saturated heterocycles. The summed E-state index contributed by atoms with van der Waals surface area (Å²) in [6.07, 6.45) is 4.91. The van der Waals surface area contributed by atoms with E-state index in [1.165, 1.54) is 10.5 Å². The highest BCUT2D eigenvalue weighted by atomic mass is 35.5. The Balaban J connectivity index is 1.61. The molecule has 0 radical (unpaired) electrons. The molecule has 0 bridgehead atoms. The van der Waals surface area contributed by atoms with Gasteiger partial charge < -0.3 is 9.47 Å². The van der Waals surface area contributed by atoms with Crippen molar-refractivity contribution in [2.45, 2.75) is 19.9 Å². The minimum atomic E-state index is -0.168. The number of likely N-dealkylation sites (N-methyl/N-ethyl adjacent to an activating group) is 1. The summed E-state index contributed by atoms with van der Waals surface area (Å²) in [6.45, 7) is 2.78. The van der Waals surface area contributed by atoms with Crippen molar-refractivity contribution in [1.82, 2.24) is 9.47 Å². The summed E-state index contributed by atoms with van der Waals surface area (Å²) in [4.78, 5) is 16.8. The number of nitrogens with zero attached hydrogens (tertiary/aromatic N) is 3. The molecule has 1 amide bonds. The summed E-state index contributed by atoms with van der Waals surface area (Å²) in [5.74, 6) is -0.168. The highest BCUT2D eigenvalue weighted by molar-refractivity contribution is 7.80. The van der Waals surface area contributed by atoms with Crippen molar-refractivity contribution in [2.75, 3.05) is 11.9 Å². The van der Waals surface area contributed by atoms with Crippen molar-refractivity contribution >= 4 is 69.1 Å². The van der Waals surface area contributed by atoms with Crippen molar-refractivity contribution in [1.29, 1.82) is 0 Å². The van der Waals surface area contributed by atoms with Crippen LogP contribution in [-0.2, 0) is 17.8 Å². The Morgan fingerprint density at radius 3 is 2.37 bits per heavy atom. The number of amides is 1. The lowest BCUT2D eigenvalue weighted by Crippen LogP contribution is -2.31. The number of rotatable bonds is 5. The van der Waals surface area contributed by atoms with Crippen LogP contribution in [0.5, 0.6) is 0 Å². The van der Waals surface area contributed by atoms with Gasteiger partial charge in [-0.3, -0.25) is 9.69 Å². The third-order valence-corrected chi connectivity index (χ3v) is 7.41. The third kappa shape index (κ3) is 4.25. The first-order valence-corrected chi connectivity index (χ1v) is 12.5. The van der Waals surface area contributed by atoms with Gasteiger partial charge in [-0.2, -0.15) is 0 Å². The number of benzene rings is 3. The Kier molecular flexibility index (Phi) is 6.41. The fourth-order valence-electron chi connectivity index (χ4n) is 4.52. The summed E-state index contributed by atoms with van der Waals surface area (Å²) < 4.78 is 2.22. The van der Waals surface area contributed by atoms with Crippen molar-refractivity contribution in [3.8, 4) is 0 Å². The average Bonchev–Trinajstić information content (AvgIpc) is 3.31. The number of hydrogen-bond acceptors (Lipinski definition) is 2. The minimum absolute atomic E-state index is 0.168. The normalized spacial score (nSPS) is 15.1. The zero-order valence-electron chi connectivity index (χ0n) is 19.3. The molecule has 0 N–H and O–H groups in total. The zero-order valence-corrected chi connectivity index (χ0v) is 21.7. The van der Waals surface area contributed by atoms with Gasteiger partial charge >= 0.3 is 0 Å². The van der Waals surface area contributed by atoms with Gasteiger partial charge in [0, 0.05) is 40.8 Å². The molecule has 0 spiro atoms. The smallest absolute Gasteiger partial charge is 0.281 e. The maximum absolute atomic E-state index is 13.5. The van der Waals surface area contributed by atoms with Crippen LogP contribution in [0, 0.1) is 0 Å². The number of aromatic nitrogens is 1. The molecular weight excluding hydrogens is 497 g/mol. The number of fused-ring (bicyclic) bond motifs is 1. The third-order valence-electron chi connectivity index (χ3n) is 6.33. The summed E-state index contributed by atoms with van der Waals surface area (Å²) in [6, 6.07) is 21.3. The first-order valence-electron chi connectivity index (χ1n) is 11.3. The topological polar surface area (TPSA) is 28.5 Å². The predicted molar refractivity (Wildman–Crippen MR) is 149 cm³/mol. The van der Waals surface area contributed by atoms with Gasteiger partial charge in [0.1, 0.15) is 5.70 Å². The number of carbonyl (C=O) groups is 1. The van der Waals surface area contributed by atoms with E-state index in [0.717, 1.165) is 33.5 Å². The first-order chi connectivity index (χ1) is 16.9. The van der Waals surface area contributed by atoms with Crippen molar-refractivity contribution < 1.29 is 4.79 Å². The van der Waals surface area contributed by atoms with E-state index in [0.29, 0.717) is 28.1 Å². The molecule has 0 unspecified atom stereocenters. The van der Waals surface area contributed by atoms with E-state index in [1.807, 2.05) is 37.4 Å². The molecule has 4 aromatic rings. The molecule has 1 aliphatic heterocycles. The number of carbonyl (C=O) groups excluding carboxylic acids is 1. The lowest BCUT2D eigenvalue weighted by atomic mass is 10.1. The van der Waals surface area contributed by atoms with Crippen LogP contribution in [0.1, 0.15) is 23.6 Å². The number of hydrogen-bond donors (Lipinski definition) is 0. The van der Waals surface area contributed by atoms with Gasteiger partial charge in [0.15, 0.2) is 5.11 Å². The van der Waals surface area contributed by atoms with Gasteiger partial charge in [0.25, 0.3) is 5.91 Å². The molecule has 5 rings (SSSR count). The van der Waals surface area contributed by atoms with Crippen LogP contribution >= 0.6 is 35.4 Å². The number of halogens is 2. The van der Waals surface area contributed by atoms with Crippen LogP contribution < -0.4 is 4.90 Å². The molecule has 3 aromatic carbocycles. The molecule has 176 valence electrons. The van der Waals surface area contributed by atoms with Gasteiger partial charge in [-0.05, 0) is 66.2 Å². The standard InChI is InChI=1S/C28H23Cl2N3OS/c1-3-18-8-6-9-23-20(17-32(26(18)23)16-19-7-4-5-10-24(19)30)15-25-27(34)33(28(35)31(25)2)22-13-11-21(29)12-14-22/h4-15,17H,3,16H2,1-2H3/b25-15-. The van der Waals surface area contributed by atoms with Gasteiger partial charge in [-0.15, -0.1) is 0 Å². The van der Waals surface area contributed by atoms with Crippen LogP contribution in [0.4, 0.5) is 5.69 Å². The molecule has 0 saturated carbocycles. The van der Waals surface area contributed by atoms with E-state index in [4.69, 9.17) is 35.4 Å². The maximum atomic E-state index is 13.5. The minimum Gasteiger partial charge on any atom is -0.342 e. The van der Waals surface area contributed by atoms with Crippen LogP contribution in [0.2, 0.25) is 10.0 Å². The molecule has 0 aliphatic carbocycles. The second kappa shape index (κ2) is 9.50. The Morgan fingerprint density at radius 2 is 1.66 bits per heavy atom. The van der Waals surface area contributed by atoms with E-state index >= 15 is 0 Å². The largest absolute Gasteiger partial charge is 0.342 e. The highest BCUT2D eigenvalue weighted by Gasteiger charge is 2.37. The number of aryl methyl sites for hydroxylation is 1. The van der Waals surface area contributed by atoms with Crippen molar-refractivity contribution in [3.05, 3.63) is 105 Å². The predicted octanol–water partition coefficient (Wildman–Crippen LogP) is 7.16. The fourth-order valence-corrected chi connectivity index (χ4v) is 5.13. The van der Waals surface area contributed by atoms with E-state index < -0.39 is 0 Å². The van der Waals surface area contributed by atoms with Gasteiger partial charge in [0.2, 0.25) is 0 Å². The number of para-hydroxylation sites is 1. The molecular formula is C28H23Cl2N3OS. The van der Waals surface area contributed by atoms with E-state index in [-0.39, 0.29) is 5.91 Å². The molecule has 2 heterocycles. The Labute approximate surface area is 220 Å². The zero-order chi connectivity index (χ0) is 24.7. The highest BCUT2D eigenvalue weighted by Crippen LogP contribution is 2.33. The maximum Gasteiger partial charge on any atom is 0.281 e. The van der Waals surface area contributed by atoms with E-state index in [2.05, 4.69) is 35.9 Å². The first kappa shape index (κ1) is 23.6. The second-order valence-corrected chi connectivity index (χ2v) is 9.67. The molecule has 1 aliphatic rings. The molecule has 1 aromatic heterocycles. The van der Waals surface area contributed by atoms with Crippen LogP contribution in [0.15, 0.2) is 78.6 Å². The van der Waals surface area contributed by atoms with Crippen LogP contribution in [0.3, 0.4) is 0 Å². The van der Waals surface area contributed by atoms with Crippen molar-refractivity contribution in [2.24, 2.45) is 0 Å². The Bertz CT molecular complexity index is 1490. The van der Waals surface area contributed by atoms with E-state index in [1.54, 1.807) is 29.2 Å². The molecule has 1 fully saturated rings. The summed E-state index contributed by atoms with van der Waals surface area (Å²) in [5.41, 5.74) is 5.59. The average molecular weight is 520 g/mol. The summed E-state index contributed by atoms with van der Waals surface area (Å²) >= 11 is 18.1. The molecule has 4 nitrogen and oxygen atoms in total. The summed E-state index contributed by atoms with van der Waals surface area (Å²) in [7, 11) is 1.82. The van der Waals surface area contributed by atoms with Crippen LogP contribution in [0.25, 0.3) is 17.0 Å². The SMILES string of the molecule is CCc1cccc2c(/C=C3/C(=O)N(c4ccc(Cl)cc4)C(=S)N3C)cn(Cc3ccccc3Cl)c12. The lowest BCUT2D eigenvalue weighted by molar-refractivity contribution is -0.114. The monoisotopic (exact) mass is 519 g/mol. The Morgan fingerprint density at radius 1 is 0.943 bits per heavy atom.